The maximum atomic E-state index is 13.1. The minimum absolute atomic E-state index is 0.367. The van der Waals surface area contributed by atoms with E-state index in [0.717, 1.165) is 25.2 Å². The second-order valence-corrected chi connectivity index (χ2v) is 9.29. The topological polar surface area (TPSA) is 40.6 Å². The maximum absolute atomic E-state index is 13.1. The fraction of sp³-hybridized carbons (Fsp3) is 0.400. The summed E-state index contributed by atoms with van der Waals surface area (Å²) in [4.78, 5) is 2.68. The molecular formula is C20H25ClN2O2S. The average molecular weight is 393 g/mol. The van der Waals surface area contributed by atoms with Crippen LogP contribution in [0.15, 0.2) is 41.3 Å². The fourth-order valence-corrected chi connectivity index (χ4v) is 5.26. The van der Waals surface area contributed by atoms with Gasteiger partial charge in [0, 0.05) is 37.7 Å². The Morgan fingerprint density at radius 2 is 1.58 bits per heavy atom. The molecule has 26 heavy (non-hydrogen) atoms. The number of hydrogen-bond donors (Lipinski definition) is 0. The Morgan fingerprint density at radius 3 is 2.23 bits per heavy atom. The largest absolute Gasteiger partial charge is 0.296 e. The van der Waals surface area contributed by atoms with Gasteiger partial charge in [0.05, 0.1) is 4.90 Å². The molecule has 0 saturated carbocycles. The van der Waals surface area contributed by atoms with E-state index in [-0.39, 0.29) is 0 Å². The SMILES string of the molecule is Cc1cc(S(=O)(=O)N2CCN(Cc3ccccc3C)CC2)c(C)cc1Cl. The molecule has 0 radical (unpaired) electrons. The molecule has 6 heteroatoms. The third kappa shape index (κ3) is 3.96. The highest BCUT2D eigenvalue weighted by Gasteiger charge is 2.30. The molecule has 0 aromatic heterocycles. The summed E-state index contributed by atoms with van der Waals surface area (Å²) >= 11 is 6.12. The van der Waals surface area contributed by atoms with Crippen molar-refractivity contribution >= 4 is 21.6 Å². The van der Waals surface area contributed by atoms with Crippen molar-refractivity contribution in [1.82, 2.24) is 9.21 Å². The van der Waals surface area contributed by atoms with E-state index in [2.05, 4.69) is 30.0 Å². The van der Waals surface area contributed by atoms with Crippen molar-refractivity contribution < 1.29 is 8.42 Å². The number of sulfonamides is 1. The van der Waals surface area contributed by atoms with E-state index < -0.39 is 10.0 Å². The molecule has 1 fully saturated rings. The average Bonchev–Trinajstić information content (AvgIpc) is 2.60. The van der Waals surface area contributed by atoms with Crippen molar-refractivity contribution in [1.29, 1.82) is 0 Å². The van der Waals surface area contributed by atoms with E-state index in [1.54, 1.807) is 23.4 Å². The molecule has 0 spiro atoms. The van der Waals surface area contributed by atoms with Gasteiger partial charge in [-0.1, -0.05) is 35.9 Å². The standard InChI is InChI=1S/C20H25ClN2O2S/c1-15-6-4-5-7-18(15)14-22-8-10-23(11-9-22)26(24,25)20-13-16(2)19(21)12-17(20)3/h4-7,12-13H,8-11,14H2,1-3H3. The van der Waals surface area contributed by atoms with Gasteiger partial charge in [-0.2, -0.15) is 4.31 Å². The number of piperazine rings is 1. The summed E-state index contributed by atoms with van der Waals surface area (Å²) < 4.78 is 27.7. The molecule has 0 unspecified atom stereocenters. The van der Waals surface area contributed by atoms with Crippen LogP contribution in [0.1, 0.15) is 22.3 Å². The molecule has 1 aliphatic heterocycles. The second-order valence-electron chi connectivity index (χ2n) is 6.97. The molecule has 0 atom stereocenters. The number of nitrogens with zero attached hydrogens (tertiary/aromatic N) is 2. The van der Waals surface area contributed by atoms with Gasteiger partial charge in [-0.25, -0.2) is 8.42 Å². The van der Waals surface area contributed by atoms with Gasteiger partial charge in [0.1, 0.15) is 0 Å². The van der Waals surface area contributed by atoms with Crippen molar-refractivity contribution in [3.05, 3.63) is 63.7 Å². The van der Waals surface area contributed by atoms with Gasteiger partial charge < -0.3 is 0 Å². The second kappa shape index (κ2) is 7.69. The molecule has 1 aliphatic rings. The van der Waals surface area contributed by atoms with E-state index in [1.807, 2.05) is 13.0 Å². The third-order valence-electron chi connectivity index (χ3n) is 5.06. The number of hydrogen-bond acceptors (Lipinski definition) is 3. The molecule has 0 aliphatic carbocycles. The highest BCUT2D eigenvalue weighted by Crippen LogP contribution is 2.27. The Hall–Kier alpha value is -1.40. The normalized spacial score (nSPS) is 16.8. The van der Waals surface area contributed by atoms with Crippen LogP contribution in [0.25, 0.3) is 0 Å². The van der Waals surface area contributed by atoms with Crippen LogP contribution in [0, 0.1) is 20.8 Å². The number of aryl methyl sites for hydroxylation is 3. The summed E-state index contributed by atoms with van der Waals surface area (Å²) in [6.45, 7) is 9.10. The van der Waals surface area contributed by atoms with Gasteiger partial charge in [-0.3, -0.25) is 4.90 Å². The summed E-state index contributed by atoms with van der Waals surface area (Å²) in [6.07, 6.45) is 0. The molecule has 4 nitrogen and oxygen atoms in total. The van der Waals surface area contributed by atoms with Gasteiger partial charge in [-0.05, 0) is 55.2 Å². The number of rotatable bonds is 4. The maximum Gasteiger partial charge on any atom is 0.243 e. The molecule has 1 saturated heterocycles. The van der Waals surface area contributed by atoms with Gasteiger partial charge in [0.25, 0.3) is 0 Å². The Labute approximate surface area is 161 Å². The lowest BCUT2D eigenvalue weighted by Gasteiger charge is -2.34. The van der Waals surface area contributed by atoms with Crippen LogP contribution in [0.2, 0.25) is 5.02 Å². The smallest absolute Gasteiger partial charge is 0.243 e. The molecule has 0 bridgehead atoms. The van der Waals surface area contributed by atoms with Gasteiger partial charge >= 0.3 is 0 Å². The molecule has 140 valence electrons. The zero-order valence-corrected chi connectivity index (χ0v) is 17.1. The molecular weight excluding hydrogens is 368 g/mol. The molecule has 2 aromatic rings. The first-order valence-corrected chi connectivity index (χ1v) is 10.6. The van der Waals surface area contributed by atoms with E-state index in [0.29, 0.717) is 28.6 Å². The minimum atomic E-state index is -3.49. The van der Waals surface area contributed by atoms with Gasteiger partial charge in [0.15, 0.2) is 0 Å². The predicted octanol–water partition coefficient (Wildman–Crippen LogP) is 3.77. The van der Waals surface area contributed by atoms with Crippen molar-refractivity contribution in [2.75, 3.05) is 26.2 Å². The quantitative estimate of drug-likeness (QED) is 0.795. The van der Waals surface area contributed by atoms with Crippen molar-refractivity contribution in [3.63, 3.8) is 0 Å². The first kappa shape index (κ1) is 19.4. The number of benzene rings is 2. The lowest BCUT2D eigenvalue weighted by molar-refractivity contribution is 0.181. The molecule has 3 rings (SSSR count). The Kier molecular flexibility index (Phi) is 5.72. The van der Waals surface area contributed by atoms with E-state index >= 15 is 0 Å². The molecule has 0 amide bonds. The lowest BCUT2D eigenvalue weighted by atomic mass is 10.1. The van der Waals surface area contributed by atoms with Crippen molar-refractivity contribution in [2.24, 2.45) is 0 Å². The van der Waals surface area contributed by atoms with Gasteiger partial charge in [0.2, 0.25) is 10.0 Å². The Balaban J connectivity index is 1.71. The molecule has 0 N–H and O–H groups in total. The van der Waals surface area contributed by atoms with Crippen LogP contribution in [0.5, 0.6) is 0 Å². The van der Waals surface area contributed by atoms with Gasteiger partial charge in [-0.15, -0.1) is 0 Å². The lowest BCUT2D eigenvalue weighted by Crippen LogP contribution is -2.48. The summed E-state index contributed by atoms with van der Waals surface area (Å²) in [5, 5.41) is 0.601. The number of halogens is 1. The van der Waals surface area contributed by atoms with Crippen LogP contribution in [-0.2, 0) is 16.6 Å². The zero-order chi connectivity index (χ0) is 18.9. The zero-order valence-electron chi connectivity index (χ0n) is 15.5. The van der Waals surface area contributed by atoms with Crippen molar-refractivity contribution in [3.8, 4) is 0 Å². The van der Waals surface area contributed by atoms with Crippen LogP contribution < -0.4 is 0 Å². The summed E-state index contributed by atoms with van der Waals surface area (Å²) in [7, 11) is -3.49. The highest BCUT2D eigenvalue weighted by atomic mass is 35.5. The summed E-state index contributed by atoms with van der Waals surface area (Å²) in [5.41, 5.74) is 4.06. The van der Waals surface area contributed by atoms with Crippen molar-refractivity contribution in [2.45, 2.75) is 32.2 Å². The monoisotopic (exact) mass is 392 g/mol. The van der Waals surface area contributed by atoms with E-state index in [9.17, 15) is 8.42 Å². The van der Waals surface area contributed by atoms with Crippen LogP contribution in [0.4, 0.5) is 0 Å². The third-order valence-corrected chi connectivity index (χ3v) is 7.51. The fourth-order valence-electron chi connectivity index (χ4n) is 3.33. The Morgan fingerprint density at radius 1 is 0.923 bits per heavy atom. The van der Waals surface area contributed by atoms with Crippen LogP contribution in [-0.4, -0.2) is 43.8 Å². The van der Waals surface area contributed by atoms with Crippen LogP contribution in [0.3, 0.4) is 0 Å². The molecule has 1 heterocycles. The first-order chi connectivity index (χ1) is 12.3. The van der Waals surface area contributed by atoms with E-state index in [1.165, 1.54) is 11.1 Å². The Bertz CT molecular complexity index is 904. The first-order valence-electron chi connectivity index (χ1n) is 8.83. The minimum Gasteiger partial charge on any atom is -0.296 e. The highest BCUT2D eigenvalue weighted by molar-refractivity contribution is 7.89. The van der Waals surface area contributed by atoms with E-state index in [4.69, 9.17) is 11.6 Å². The molecule has 2 aromatic carbocycles. The van der Waals surface area contributed by atoms with Crippen LogP contribution >= 0.6 is 11.6 Å². The summed E-state index contributed by atoms with van der Waals surface area (Å²) in [6, 6.07) is 11.8. The summed E-state index contributed by atoms with van der Waals surface area (Å²) in [5.74, 6) is 0. The predicted molar refractivity (Wildman–Crippen MR) is 106 cm³/mol.